The molecule has 0 radical (unpaired) electrons. The Bertz CT molecular complexity index is 299. The summed E-state index contributed by atoms with van der Waals surface area (Å²) in [5.41, 5.74) is 1.43. The van der Waals surface area contributed by atoms with Crippen molar-refractivity contribution in [3.05, 3.63) is 32.7 Å². The fraction of sp³-hybridized carbons (Fsp3) is 0.455. The largest absolute Gasteiger partial charge is 0.316 e. The highest BCUT2D eigenvalue weighted by Gasteiger charge is 2.15. The molecule has 0 aliphatic carbocycles. The summed E-state index contributed by atoms with van der Waals surface area (Å²) in [5, 5.41) is 3.44. The van der Waals surface area contributed by atoms with Gasteiger partial charge in [0.05, 0.1) is 0 Å². The Balaban J connectivity index is 2.21. The van der Waals surface area contributed by atoms with Crippen LogP contribution in [-0.2, 0) is 0 Å². The number of nitrogens with one attached hydrogen (secondary N) is 1. The molecule has 1 unspecified atom stereocenters. The van der Waals surface area contributed by atoms with Crippen molar-refractivity contribution in [3.63, 3.8) is 0 Å². The van der Waals surface area contributed by atoms with Gasteiger partial charge in [-0.25, -0.2) is 0 Å². The highest BCUT2D eigenvalue weighted by molar-refractivity contribution is 9.11. The molecule has 0 saturated carbocycles. The van der Waals surface area contributed by atoms with Crippen LogP contribution < -0.4 is 5.32 Å². The van der Waals surface area contributed by atoms with E-state index in [0.29, 0.717) is 5.92 Å². The second-order valence-corrected chi connectivity index (χ2v) is 5.58. The molecule has 1 fully saturated rings. The van der Waals surface area contributed by atoms with E-state index in [0.717, 1.165) is 15.5 Å². The summed E-state index contributed by atoms with van der Waals surface area (Å²) in [6.07, 6.45) is 2.59. The second-order valence-electron chi connectivity index (χ2n) is 3.75. The van der Waals surface area contributed by atoms with Gasteiger partial charge in [0.2, 0.25) is 0 Å². The van der Waals surface area contributed by atoms with Crippen LogP contribution in [0.1, 0.15) is 24.3 Å². The molecule has 1 saturated heterocycles. The van der Waals surface area contributed by atoms with Crippen molar-refractivity contribution >= 4 is 31.9 Å². The molecular weight excluding hydrogens is 306 g/mol. The van der Waals surface area contributed by atoms with Gasteiger partial charge in [-0.2, -0.15) is 0 Å². The van der Waals surface area contributed by atoms with E-state index in [9.17, 15) is 0 Å². The van der Waals surface area contributed by atoms with Gasteiger partial charge in [-0.15, -0.1) is 0 Å². The van der Waals surface area contributed by atoms with Crippen molar-refractivity contribution in [2.45, 2.75) is 18.8 Å². The minimum absolute atomic E-state index is 0.678. The number of piperidine rings is 1. The summed E-state index contributed by atoms with van der Waals surface area (Å²) in [7, 11) is 0. The maximum absolute atomic E-state index is 3.53. The van der Waals surface area contributed by atoms with Crippen molar-refractivity contribution < 1.29 is 0 Å². The molecule has 0 amide bonds. The van der Waals surface area contributed by atoms with Crippen molar-refractivity contribution in [2.75, 3.05) is 13.1 Å². The molecule has 0 spiro atoms. The number of rotatable bonds is 1. The predicted molar refractivity (Wildman–Crippen MR) is 66.7 cm³/mol. The quantitative estimate of drug-likeness (QED) is 0.833. The fourth-order valence-electron chi connectivity index (χ4n) is 1.95. The molecule has 0 bridgehead atoms. The first-order chi connectivity index (χ1) is 6.75. The van der Waals surface area contributed by atoms with Crippen LogP contribution in [-0.4, -0.2) is 13.1 Å². The highest BCUT2D eigenvalue weighted by atomic mass is 79.9. The van der Waals surface area contributed by atoms with Gasteiger partial charge >= 0.3 is 0 Å². The minimum Gasteiger partial charge on any atom is -0.316 e. The standard InChI is InChI=1S/C11H13Br2N/c12-10-4-9(5-11(13)6-10)8-2-1-3-14-7-8/h4-6,8,14H,1-3,7H2. The molecule has 2 rings (SSSR count). The van der Waals surface area contributed by atoms with Crippen LogP contribution in [0.4, 0.5) is 0 Å². The third-order valence-corrected chi connectivity index (χ3v) is 3.57. The Kier molecular flexibility index (Phi) is 3.63. The molecule has 76 valence electrons. The van der Waals surface area contributed by atoms with Crippen LogP contribution in [0.5, 0.6) is 0 Å². The number of benzene rings is 1. The Morgan fingerprint density at radius 2 is 1.86 bits per heavy atom. The first-order valence-electron chi connectivity index (χ1n) is 4.92. The molecule has 1 aliphatic rings. The van der Waals surface area contributed by atoms with Crippen LogP contribution in [0.25, 0.3) is 0 Å². The van der Waals surface area contributed by atoms with Gasteiger partial charge in [-0.1, -0.05) is 31.9 Å². The molecule has 1 aromatic rings. The molecule has 1 N–H and O–H groups in total. The van der Waals surface area contributed by atoms with Gasteiger partial charge in [0.15, 0.2) is 0 Å². The van der Waals surface area contributed by atoms with E-state index in [4.69, 9.17) is 0 Å². The van der Waals surface area contributed by atoms with Crippen LogP contribution in [0.2, 0.25) is 0 Å². The Hall–Kier alpha value is 0.140. The van der Waals surface area contributed by atoms with Gasteiger partial charge in [-0.05, 0) is 49.1 Å². The van der Waals surface area contributed by atoms with E-state index in [-0.39, 0.29) is 0 Å². The summed E-state index contributed by atoms with van der Waals surface area (Å²) in [6, 6.07) is 6.53. The molecule has 14 heavy (non-hydrogen) atoms. The molecule has 1 atom stereocenters. The molecule has 1 aromatic carbocycles. The zero-order valence-electron chi connectivity index (χ0n) is 7.89. The first-order valence-corrected chi connectivity index (χ1v) is 6.51. The molecule has 0 aromatic heterocycles. The first kappa shape index (κ1) is 10.7. The van der Waals surface area contributed by atoms with E-state index in [1.54, 1.807) is 0 Å². The lowest BCUT2D eigenvalue weighted by atomic mass is 9.92. The maximum atomic E-state index is 3.53. The summed E-state index contributed by atoms with van der Waals surface area (Å²) in [4.78, 5) is 0. The number of hydrogen-bond donors (Lipinski definition) is 1. The second kappa shape index (κ2) is 4.77. The topological polar surface area (TPSA) is 12.0 Å². The summed E-state index contributed by atoms with van der Waals surface area (Å²) in [6.45, 7) is 2.29. The lowest BCUT2D eigenvalue weighted by molar-refractivity contribution is 0.461. The lowest BCUT2D eigenvalue weighted by Gasteiger charge is -2.23. The van der Waals surface area contributed by atoms with E-state index >= 15 is 0 Å². The summed E-state index contributed by atoms with van der Waals surface area (Å²) >= 11 is 7.06. The van der Waals surface area contributed by atoms with Crippen molar-refractivity contribution in [1.82, 2.24) is 5.32 Å². The van der Waals surface area contributed by atoms with E-state index in [2.05, 4.69) is 55.4 Å². The van der Waals surface area contributed by atoms with E-state index in [1.807, 2.05) is 0 Å². The summed E-state index contributed by atoms with van der Waals surface area (Å²) < 4.78 is 2.32. The number of hydrogen-bond acceptors (Lipinski definition) is 1. The molecule has 1 nitrogen and oxygen atoms in total. The highest BCUT2D eigenvalue weighted by Crippen LogP contribution is 2.28. The van der Waals surface area contributed by atoms with E-state index in [1.165, 1.54) is 24.9 Å². The van der Waals surface area contributed by atoms with Crippen LogP contribution in [0.3, 0.4) is 0 Å². The van der Waals surface area contributed by atoms with Crippen molar-refractivity contribution in [2.24, 2.45) is 0 Å². The van der Waals surface area contributed by atoms with Crippen molar-refractivity contribution in [3.8, 4) is 0 Å². The fourth-order valence-corrected chi connectivity index (χ4v) is 3.28. The molecule has 1 heterocycles. The maximum Gasteiger partial charge on any atom is 0.0189 e. The van der Waals surface area contributed by atoms with Crippen LogP contribution in [0, 0.1) is 0 Å². The predicted octanol–water partition coefficient (Wildman–Crippen LogP) is 3.68. The van der Waals surface area contributed by atoms with Gasteiger partial charge in [0, 0.05) is 15.5 Å². The monoisotopic (exact) mass is 317 g/mol. The Morgan fingerprint density at radius 1 is 1.14 bits per heavy atom. The molecule has 3 heteroatoms. The van der Waals surface area contributed by atoms with Crippen LogP contribution >= 0.6 is 31.9 Å². The SMILES string of the molecule is Brc1cc(Br)cc(C2CCCNC2)c1. The zero-order valence-corrected chi connectivity index (χ0v) is 11.1. The van der Waals surface area contributed by atoms with Gasteiger partial charge in [-0.3, -0.25) is 0 Å². The van der Waals surface area contributed by atoms with Gasteiger partial charge in [0.1, 0.15) is 0 Å². The van der Waals surface area contributed by atoms with Crippen LogP contribution in [0.15, 0.2) is 27.1 Å². The Labute approximate surface area is 102 Å². The minimum atomic E-state index is 0.678. The average molecular weight is 319 g/mol. The summed E-state index contributed by atoms with van der Waals surface area (Å²) in [5.74, 6) is 0.678. The van der Waals surface area contributed by atoms with E-state index < -0.39 is 0 Å². The average Bonchev–Trinajstić information content (AvgIpc) is 2.18. The third-order valence-electron chi connectivity index (χ3n) is 2.65. The van der Waals surface area contributed by atoms with Crippen molar-refractivity contribution in [1.29, 1.82) is 0 Å². The molecular formula is C11H13Br2N. The normalized spacial score (nSPS) is 22.3. The smallest absolute Gasteiger partial charge is 0.0189 e. The lowest BCUT2D eigenvalue weighted by Crippen LogP contribution is -2.28. The zero-order chi connectivity index (χ0) is 9.97. The third kappa shape index (κ3) is 2.59. The molecule has 1 aliphatic heterocycles. The number of halogens is 2. The Morgan fingerprint density at radius 3 is 2.43 bits per heavy atom. The van der Waals surface area contributed by atoms with Gasteiger partial charge in [0.25, 0.3) is 0 Å². The van der Waals surface area contributed by atoms with Gasteiger partial charge < -0.3 is 5.32 Å².